The molecule has 178 valence electrons. The second-order valence-corrected chi connectivity index (χ2v) is 8.11. The molecule has 2 aliphatic rings. The second kappa shape index (κ2) is 8.64. The molecular weight excluding hydrogens is 453 g/mol. The Bertz CT molecular complexity index is 1200. The standard InChI is InChI=1S/C23H21F3N4O4/c1-14(21-27-20(28-34-21)15-3-2-4-17(11-15)23(24,25)26)29-7-9-30(10-8-29)22(31)16-5-6-18-19(12-16)33-13-32-18/h2-6,11-12,14H,7-10,13H2,1H3/t14-/m1/s1. The van der Waals surface area contributed by atoms with Gasteiger partial charge in [0, 0.05) is 37.3 Å². The van der Waals surface area contributed by atoms with E-state index in [0.29, 0.717) is 49.1 Å². The third-order valence-corrected chi connectivity index (χ3v) is 6.02. The summed E-state index contributed by atoms with van der Waals surface area (Å²) in [4.78, 5) is 21.1. The van der Waals surface area contributed by atoms with E-state index in [2.05, 4.69) is 15.0 Å². The molecule has 0 bridgehead atoms. The third kappa shape index (κ3) is 4.30. The molecule has 1 amide bonds. The SMILES string of the molecule is C[C@H](c1nc(-c2cccc(C(F)(F)F)c2)no1)N1CCN(C(=O)c2ccc3c(c2)OCO3)CC1. The maximum Gasteiger partial charge on any atom is 0.416 e. The predicted octanol–water partition coefficient (Wildman–Crippen LogP) is 4.00. The maximum atomic E-state index is 13.0. The molecule has 2 aliphatic heterocycles. The van der Waals surface area contributed by atoms with Crippen LogP contribution in [-0.2, 0) is 6.18 Å². The zero-order valence-electron chi connectivity index (χ0n) is 18.2. The van der Waals surface area contributed by atoms with E-state index in [-0.39, 0.29) is 30.1 Å². The van der Waals surface area contributed by atoms with Crippen LogP contribution < -0.4 is 9.47 Å². The fourth-order valence-corrected chi connectivity index (χ4v) is 4.04. The zero-order valence-corrected chi connectivity index (χ0v) is 18.2. The molecule has 1 atom stereocenters. The molecule has 0 radical (unpaired) electrons. The van der Waals surface area contributed by atoms with E-state index in [1.807, 2.05) is 6.92 Å². The minimum Gasteiger partial charge on any atom is -0.454 e. The molecule has 3 aromatic rings. The smallest absolute Gasteiger partial charge is 0.416 e. The summed E-state index contributed by atoms with van der Waals surface area (Å²) in [5.74, 6) is 1.51. The van der Waals surface area contributed by atoms with E-state index in [0.717, 1.165) is 12.1 Å². The highest BCUT2D eigenvalue weighted by molar-refractivity contribution is 5.95. The highest BCUT2D eigenvalue weighted by Gasteiger charge is 2.32. The number of ether oxygens (including phenoxy) is 2. The number of amides is 1. The number of aromatic nitrogens is 2. The number of carbonyl (C=O) groups excluding carboxylic acids is 1. The van der Waals surface area contributed by atoms with Crippen LogP contribution in [-0.4, -0.2) is 58.8 Å². The number of rotatable bonds is 4. The molecule has 5 rings (SSSR count). The lowest BCUT2D eigenvalue weighted by molar-refractivity contribution is -0.137. The average molecular weight is 474 g/mol. The van der Waals surface area contributed by atoms with Crippen LogP contribution in [0.3, 0.4) is 0 Å². The van der Waals surface area contributed by atoms with Crippen molar-refractivity contribution in [1.29, 1.82) is 0 Å². The topological polar surface area (TPSA) is 80.9 Å². The molecule has 0 aliphatic carbocycles. The van der Waals surface area contributed by atoms with Crippen LogP contribution in [0.25, 0.3) is 11.4 Å². The number of alkyl halides is 3. The van der Waals surface area contributed by atoms with E-state index in [9.17, 15) is 18.0 Å². The molecule has 0 spiro atoms. The van der Waals surface area contributed by atoms with Crippen LogP contribution in [0.4, 0.5) is 13.2 Å². The minimum atomic E-state index is -4.45. The summed E-state index contributed by atoms with van der Waals surface area (Å²) < 4.78 is 55.0. The van der Waals surface area contributed by atoms with Crippen molar-refractivity contribution in [2.75, 3.05) is 33.0 Å². The summed E-state index contributed by atoms with van der Waals surface area (Å²) in [6.07, 6.45) is -4.45. The molecule has 0 N–H and O–H groups in total. The van der Waals surface area contributed by atoms with Gasteiger partial charge in [-0.3, -0.25) is 9.69 Å². The van der Waals surface area contributed by atoms with Gasteiger partial charge in [-0.1, -0.05) is 17.3 Å². The summed E-state index contributed by atoms with van der Waals surface area (Å²) >= 11 is 0. The van der Waals surface area contributed by atoms with Crippen molar-refractivity contribution >= 4 is 5.91 Å². The molecular formula is C23H21F3N4O4. The lowest BCUT2D eigenvalue weighted by atomic mass is 10.1. The zero-order chi connectivity index (χ0) is 23.9. The first kappa shape index (κ1) is 22.2. The third-order valence-electron chi connectivity index (χ3n) is 6.02. The summed E-state index contributed by atoms with van der Waals surface area (Å²) in [6, 6.07) is 9.70. The van der Waals surface area contributed by atoms with Crippen molar-refractivity contribution in [3.8, 4) is 22.9 Å². The van der Waals surface area contributed by atoms with Crippen molar-refractivity contribution in [2.45, 2.75) is 19.1 Å². The number of nitrogens with zero attached hydrogens (tertiary/aromatic N) is 4. The van der Waals surface area contributed by atoms with E-state index < -0.39 is 11.7 Å². The van der Waals surface area contributed by atoms with Gasteiger partial charge in [-0.25, -0.2) is 0 Å². The first-order valence-corrected chi connectivity index (χ1v) is 10.7. The molecule has 0 saturated carbocycles. The summed E-state index contributed by atoms with van der Waals surface area (Å²) in [5, 5.41) is 3.87. The fraction of sp³-hybridized carbons (Fsp3) is 0.348. The lowest BCUT2D eigenvalue weighted by Crippen LogP contribution is -2.49. The summed E-state index contributed by atoms with van der Waals surface area (Å²) in [5.41, 5.74) is -0.00260. The Labute approximate surface area is 192 Å². The van der Waals surface area contributed by atoms with Crippen LogP contribution in [0.1, 0.15) is 34.8 Å². The van der Waals surface area contributed by atoms with Crippen LogP contribution in [0.2, 0.25) is 0 Å². The van der Waals surface area contributed by atoms with E-state index >= 15 is 0 Å². The van der Waals surface area contributed by atoms with Crippen molar-refractivity contribution < 1.29 is 32.0 Å². The molecule has 1 saturated heterocycles. The summed E-state index contributed by atoms with van der Waals surface area (Å²) in [7, 11) is 0. The van der Waals surface area contributed by atoms with Crippen molar-refractivity contribution in [3.63, 3.8) is 0 Å². The van der Waals surface area contributed by atoms with E-state index in [4.69, 9.17) is 14.0 Å². The molecule has 11 heteroatoms. The molecule has 34 heavy (non-hydrogen) atoms. The van der Waals surface area contributed by atoms with Crippen molar-refractivity contribution in [3.05, 3.63) is 59.5 Å². The van der Waals surface area contributed by atoms with Crippen LogP contribution in [0, 0.1) is 0 Å². The van der Waals surface area contributed by atoms with Gasteiger partial charge in [0.15, 0.2) is 11.5 Å². The Balaban J connectivity index is 1.22. The Morgan fingerprint density at radius 3 is 2.56 bits per heavy atom. The summed E-state index contributed by atoms with van der Waals surface area (Å²) in [6.45, 7) is 4.21. The van der Waals surface area contributed by atoms with Crippen LogP contribution in [0.15, 0.2) is 47.0 Å². The Morgan fingerprint density at radius 1 is 1.03 bits per heavy atom. The predicted molar refractivity (Wildman–Crippen MR) is 113 cm³/mol. The van der Waals surface area contributed by atoms with Crippen LogP contribution >= 0.6 is 0 Å². The number of fused-ring (bicyclic) bond motifs is 1. The lowest BCUT2D eigenvalue weighted by Gasteiger charge is -2.36. The van der Waals surface area contributed by atoms with Crippen molar-refractivity contribution in [2.24, 2.45) is 0 Å². The van der Waals surface area contributed by atoms with Crippen molar-refractivity contribution in [1.82, 2.24) is 19.9 Å². The number of halogens is 3. The highest BCUT2D eigenvalue weighted by atomic mass is 19.4. The van der Waals surface area contributed by atoms with Gasteiger partial charge in [0.1, 0.15) is 0 Å². The van der Waals surface area contributed by atoms with Gasteiger partial charge in [-0.05, 0) is 37.3 Å². The van der Waals surface area contributed by atoms with Gasteiger partial charge in [0.2, 0.25) is 18.5 Å². The Kier molecular flexibility index (Phi) is 5.64. The number of hydrogen-bond donors (Lipinski definition) is 0. The van der Waals surface area contributed by atoms with Gasteiger partial charge in [0.25, 0.3) is 5.91 Å². The normalized spacial score (nSPS) is 17.1. The van der Waals surface area contributed by atoms with Gasteiger partial charge in [0.05, 0.1) is 11.6 Å². The van der Waals surface area contributed by atoms with Gasteiger partial charge >= 0.3 is 6.18 Å². The van der Waals surface area contributed by atoms with Crippen LogP contribution in [0.5, 0.6) is 11.5 Å². The largest absolute Gasteiger partial charge is 0.454 e. The van der Waals surface area contributed by atoms with E-state index in [1.165, 1.54) is 12.1 Å². The second-order valence-electron chi connectivity index (χ2n) is 8.11. The first-order chi connectivity index (χ1) is 16.3. The van der Waals surface area contributed by atoms with E-state index in [1.54, 1.807) is 23.1 Å². The number of carbonyl (C=O) groups is 1. The number of hydrogen-bond acceptors (Lipinski definition) is 7. The average Bonchev–Trinajstić information content (AvgIpc) is 3.52. The number of benzene rings is 2. The molecule has 3 heterocycles. The molecule has 2 aromatic carbocycles. The quantitative estimate of drug-likeness (QED) is 0.565. The minimum absolute atomic E-state index is 0.0878. The van der Waals surface area contributed by atoms with Gasteiger partial charge in [-0.15, -0.1) is 0 Å². The van der Waals surface area contributed by atoms with Gasteiger partial charge in [-0.2, -0.15) is 18.2 Å². The monoisotopic (exact) mass is 474 g/mol. The molecule has 8 nitrogen and oxygen atoms in total. The maximum absolute atomic E-state index is 13.0. The molecule has 1 fully saturated rings. The number of piperazine rings is 1. The Hall–Kier alpha value is -3.60. The first-order valence-electron chi connectivity index (χ1n) is 10.7. The van der Waals surface area contributed by atoms with Gasteiger partial charge < -0.3 is 18.9 Å². The Morgan fingerprint density at radius 2 is 1.79 bits per heavy atom. The highest BCUT2D eigenvalue weighted by Crippen LogP contribution is 2.34. The fourth-order valence-electron chi connectivity index (χ4n) is 4.04. The molecule has 0 unspecified atom stereocenters. The molecule has 1 aromatic heterocycles.